The van der Waals surface area contributed by atoms with Gasteiger partial charge in [0.05, 0.1) is 27.7 Å². The fourth-order valence-electron chi connectivity index (χ4n) is 5.80. The predicted molar refractivity (Wildman–Crippen MR) is 242 cm³/mol. The number of esters is 2. The Morgan fingerprint density at radius 2 is 1.02 bits per heavy atom. The van der Waals surface area contributed by atoms with Crippen molar-refractivity contribution in [3.8, 4) is 0 Å². The lowest BCUT2D eigenvalue weighted by Crippen LogP contribution is -2.37. The number of hydrogen-bond donors (Lipinski definition) is 1. The van der Waals surface area contributed by atoms with Crippen molar-refractivity contribution >= 4 is 19.8 Å². The van der Waals surface area contributed by atoms with Gasteiger partial charge in [-0.05, 0) is 51.4 Å². The summed E-state index contributed by atoms with van der Waals surface area (Å²) in [6.45, 7) is 4.18. The third-order valence-electron chi connectivity index (χ3n) is 9.35. The monoisotopic (exact) mass is 835 g/mol. The average Bonchev–Trinajstić information content (AvgIpc) is 3.17. The van der Waals surface area contributed by atoms with Gasteiger partial charge in [0.25, 0.3) is 0 Å². The number of allylic oxidation sites excluding steroid dienone is 12. The second-order valence-electron chi connectivity index (χ2n) is 16.2. The van der Waals surface area contributed by atoms with Crippen LogP contribution >= 0.6 is 7.82 Å². The van der Waals surface area contributed by atoms with E-state index in [-0.39, 0.29) is 26.1 Å². The Labute approximate surface area is 355 Å². The molecule has 0 radical (unpaired) electrons. The Hall–Kier alpha value is -2.55. The number of carbonyl (C=O) groups is 2. The number of carbonyl (C=O) groups excluding carboxylic acids is 2. The first-order chi connectivity index (χ1) is 28.0. The Kier molecular flexibility index (Phi) is 38.1. The fraction of sp³-hybridized carbons (Fsp3) is 0.708. The topological polar surface area (TPSA) is 108 Å². The zero-order valence-electron chi connectivity index (χ0n) is 37.5. The number of rotatable bonds is 40. The highest BCUT2D eigenvalue weighted by Gasteiger charge is 2.27. The van der Waals surface area contributed by atoms with Gasteiger partial charge in [-0.3, -0.25) is 18.6 Å². The highest BCUT2D eigenvalue weighted by molar-refractivity contribution is 7.47. The van der Waals surface area contributed by atoms with Crippen LogP contribution in [-0.4, -0.2) is 74.9 Å². The number of unbranched alkanes of at least 4 members (excludes halogenated alkanes) is 18. The molecule has 0 fully saturated rings. The summed E-state index contributed by atoms with van der Waals surface area (Å²) < 4.78 is 34.2. The number of phosphoric ester groups is 1. The quantitative estimate of drug-likeness (QED) is 0.0162. The molecule has 0 aromatic carbocycles. The summed E-state index contributed by atoms with van der Waals surface area (Å²) >= 11 is 0. The van der Waals surface area contributed by atoms with Crippen LogP contribution in [0, 0.1) is 0 Å². The van der Waals surface area contributed by atoms with E-state index in [9.17, 15) is 19.0 Å². The minimum atomic E-state index is -4.40. The van der Waals surface area contributed by atoms with E-state index >= 15 is 0 Å². The molecule has 9 nitrogen and oxygen atoms in total. The minimum absolute atomic E-state index is 0.0141. The van der Waals surface area contributed by atoms with Gasteiger partial charge < -0.3 is 18.9 Å². The summed E-state index contributed by atoms with van der Waals surface area (Å²) in [6, 6.07) is 0. The van der Waals surface area contributed by atoms with Gasteiger partial charge >= 0.3 is 19.8 Å². The zero-order valence-corrected chi connectivity index (χ0v) is 38.4. The van der Waals surface area contributed by atoms with Crippen LogP contribution < -0.4 is 0 Å². The molecule has 0 aromatic rings. The van der Waals surface area contributed by atoms with Crippen LogP contribution in [0.15, 0.2) is 72.9 Å². The summed E-state index contributed by atoms with van der Waals surface area (Å²) in [4.78, 5) is 35.3. The van der Waals surface area contributed by atoms with Crippen molar-refractivity contribution in [3.05, 3.63) is 72.9 Å². The molecule has 334 valence electrons. The third-order valence-corrected chi connectivity index (χ3v) is 10.3. The standard InChI is InChI=1S/C48H84NO8P/c1-6-8-10-12-14-16-18-20-21-22-23-24-25-26-27-29-30-32-34-36-38-40-47(50)54-44-46(45-56-58(52,53)55-43-42-49(3,4)5)57-48(51)41-39-37-35-33-31-28-19-17-15-13-11-9-7-2/h9,11,13,15,17,19,24-25,28,31,33,35,46H,6-8,10,12,14,16,18,20-23,26-27,29-30,32,34,36-45H2,1-5H3/p+1/b11-9+,15-13+,19-17+,25-24+,31-28+,35-33+. The number of nitrogens with zero attached hydrogens (tertiary/aromatic N) is 1. The second kappa shape index (κ2) is 39.9. The normalized spacial score (nSPS) is 14.2. The summed E-state index contributed by atoms with van der Waals surface area (Å²) in [5, 5.41) is 0. The number of hydrogen-bond acceptors (Lipinski definition) is 7. The van der Waals surface area contributed by atoms with Gasteiger partial charge in [-0.1, -0.05) is 177 Å². The Morgan fingerprint density at radius 3 is 1.55 bits per heavy atom. The van der Waals surface area contributed by atoms with Crippen molar-refractivity contribution in [1.29, 1.82) is 0 Å². The molecule has 1 N–H and O–H groups in total. The molecule has 0 aliphatic heterocycles. The number of quaternary nitrogens is 1. The molecule has 0 aromatic heterocycles. The molecule has 2 unspecified atom stereocenters. The second-order valence-corrected chi connectivity index (χ2v) is 17.6. The first kappa shape index (κ1) is 55.5. The van der Waals surface area contributed by atoms with E-state index in [4.69, 9.17) is 18.5 Å². The average molecular weight is 835 g/mol. The van der Waals surface area contributed by atoms with E-state index in [0.717, 1.165) is 38.5 Å². The van der Waals surface area contributed by atoms with E-state index in [1.54, 1.807) is 0 Å². The van der Waals surface area contributed by atoms with Gasteiger partial charge in [-0.15, -0.1) is 0 Å². The fourth-order valence-corrected chi connectivity index (χ4v) is 6.54. The van der Waals surface area contributed by atoms with Crippen LogP contribution in [-0.2, 0) is 32.7 Å². The SMILES string of the molecule is CC/C=C/C=C/C=C/C=C/C=C/CCCC(=O)OC(COC(=O)CCCCCCCCC/C=C/CCCCCCCCCCCC)COP(=O)(O)OCC[N+](C)(C)C. The van der Waals surface area contributed by atoms with E-state index in [1.807, 2.05) is 75.8 Å². The molecule has 0 spiro atoms. The van der Waals surface area contributed by atoms with Crippen LogP contribution in [0.3, 0.4) is 0 Å². The van der Waals surface area contributed by atoms with Gasteiger partial charge in [0.2, 0.25) is 0 Å². The molecule has 0 heterocycles. The van der Waals surface area contributed by atoms with E-state index in [2.05, 4.69) is 32.1 Å². The molecule has 2 atom stereocenters. The molecule has 0 amide bonds. The van der Waals surface area contributed by atoms with Crippen molar-refractivity contribution in [2.24, 2.45) is 0 Å². The summed E-state index contributed by atoms with van der Waals surface area (Å²) in [5.74, 6) is -0.895. The molecule has 10 heteroatoms. The molecule has 0 aliphatic carbocycles. The summed E-state index contributed by atoms with van der Waals surface area (Å²) in [6.07, 6.45) is 49.8. The minimum Gasteiger partial charge on any atom is -0.462 e. The molecular weight excluding hydrogens is 750 g/mol. The maximum absolute atomic E-state index is 12.6. The first-order valence-corrected chi connectivity index (χ1v) is 24.2. The van der Waals surface area contributed by atoms with Crippen LogP contribution in [0.4, 0.5) is 0 Å². The van der Waals surface area contributed by atoms with Crippen molar-refractivity contribution in [2.45, 2.75) is 174 Å². The van der Waals surface area contributed by atoms with E-state index < -0.39 is 32.5 Å². The highest BCUT2D eigenvalue weighted by atomic mass is 31.2. The van der Waals surface area contributed by atoms with Gasteiger partial charge in [-0.25, -0.2) is 4.57 Å². The van der Waals surface area contributed by atoms with Crippen molar-refractivity contribution in [2.75, 3.05) is 47.5 Å². The van der Waals surface area contributed by atoms with E-state index in [1.165, 1.54) is 89.9 Å². The molecular formula is C48H85NO8P+. The highest BCUT2D eigenvalue weighted by Crippen LogP contribution is 2.43. The molecule has 0 saturated carbocycles. The lowest BCUT2D eigenvalue weighted by Gasteiger charge is -2.24. The van der Waals surface area contributed by atoms with Crippen molar-refractivity contribution in [3.63, 3.8) is 0 Å². The number of phosphoric acid groups is 1. The van der Waals surface area contributed by atoms with Crippen LogP contribution in [0.2, 0.25) is 0 Å². The van der Waals surface area contributed by atoms with Gasteiger partial charge in [-0.2, -0.15) is 0 Å². The lowest BCUT2D eigenvalue weighted by molar-refractivity contribution is -0.870. The largest absolute Gasteiger partial charge is 0.472 e. The third kappa shape index (κ3) is 43.0. The smallest absolute Gasteiger partial charge is 0.462 e. The number of ether oxygens (including phenoxy) is 2. The maximum atomic E-state index is 12.6. The maximum Gasteiger partial charge on any atom is 0.472 e. The molecule has 0 rings (SSSR count). The Morgan fingerprint density at radius 1 is 0.552 bits per heavy atom. The van der Waals surface area contributed by atoms with Gasteiger partial charge in [0, 0.05) is 12.8 Å². The van der Waals surface area contributed by atoms with Gasteiger partial charge in [0.15, 0.2) is 6.10 Å². The van der Waals surface area contributed by atoms with Crippen LogP contribution in [0.5, 0.6) is 0 Å². The number of likely N-dealkylation sites (N-methyl/N-ethyl adjacent to an activating group) is 1. The van der Waals surface area contributed by atoms with Crippen molar-refractivity contribution < 1.29 is 42.1 Å². The molecule has 0 aliphatic rings. The molecule has 0 bridgehead atoms. The predicted octanol–water partition coefficient (Wildman–Crippen LogP) is 13.0. The zero-order chi connectivity index (χ0) is 42.8. The summed E-state index contributed by atoms with van der Waals surface area (Å²) in [7, 11) is 1.42. The first-order valence-electron chi connectivity index (χ1n) is 22.7. The van der Waals surface area contributed by atoms with Crippen molar-refractivity contribution in [1.82, 2.24) is 0 Å². The van der Waals surface area contributed by atoms with Crippen LogP contribution in [0.1, 0.15) is 168 Å². The van der Waals surface area contributed by atoms with Crippen LogP contribution in [0.25, 0.3) is 0 Å². The van der Waals surface area contributed by atoms with E-state index in [0.29, 0.717) is 23.9 Å². The van der Waals surface area contributed by atoms with Gasteiger partial charge in [0.1, 0.15) is 19.8 Å². The molecule has 0 saturated heterocycles. The summed E-state index contributed by atoms with van der Waals surface area (Å²) in [5.41, 5.74) is 0. The lowest BCUT2D eigenvalue weighted by atomic mass is 10.1. The Balaban J connectivity index is 4.36. The Bertz CT molecular complexity index is 1220. The molecule has 58 heavy (non-hydrogen) atoms.